The summed E-state index contributed by atoms with van der Waals surface area (Å²) in [5, 5.41) is 10.2. The van der Waals surface area contributed by atoms with E-state index in [1.54, 1.807) is 7.11 Å². The maximum absolute atomic E-state index is 12.9. The number of benzene rings is 1. The van der Waals surface area contributed by atoms with Crippen LogP contribution in [-0.4, -0.2) is 44.1 Å². The number of hydrogen-bond donors (Lipinski definition) is 2. The molecule has 3 aromatic heterocycles. The van der Waals surface area contributed by atoms with E-state index in [1.807, 2.05) is 36.4 Å². The molecular weight excluding hydrogens is 420 g/mol. The van der Waals surface area contributed by atoms with Gasteiger partial charge in [-0.15, -0.1) is 0 Å². The Labute approximate surface area is 180 Å². The number of fused-ring (bicyclic) bond motifs is 1. The van der Waals surface area contributed by atoms with Crippen LogP contribution >= 0.6 is 11.3 Å². The summed E-state index contributed by atoms with van der Waals surface area (Å²) in [5.41, 5.74) is 10.2. The number of ether oxygens (including phenoxy) is 1. The van der Waals surface area contributed by atoms with Crippen LogP contribution in [0.3, 0.4) is 0 Å². The molecule has 0 aliphatic rings. The first-order chi connectivity index (χ1) is 14.6. The summed E-state index contributed by atoms with van der Waals surface area (Å²) >= 11 is 0.111. The van der Waals surface area contributed by atoms with Crippen molar-refractivity contribution in [1.82, 2.24) is 15.0 Å². The normalized spacial score (nSPS) is 12.3. The molecule has 0 spiro atoms. The number of nitrogen functional groups attached to an aromatic ring is 1. The molecule has 1 unspecified atom stereocenters. The lowest BCUT2D eigenvalue weighted by atomic mass is 10.0. The summed E-state index contributed by atoms with van der Waals surface area (Å²) in [6, 6.07) is 11.5. The largest absolute Gasteiger partial charge is 0.611 e. The molecule has 0 fully saturated rings. The topological polar surface area (TPSA) is 117 Å². The highest BCUT2D eigenvalue weighted by Gasteiger charge is 2.24. The molecule has 7 nitrogen and oxygen atoms in total. The molecule has 3 heterocycles. The fourth-order valence-electron chi connectivity index (χ4n) is 3.14. The fraction of sp³-hybridized carbons (Fsp3) is 0.190. The first-order valence-electron chi connectivity index (χ1n) is 9.25. The number of nitrogens with zero attached hydrogens (tertiary/aromatic N) is 3. The highest BCUT2D eigenvalue weighted by molar-refractivity contribution is 7.93. The Morgan fingerprint density at radius 1 is 1.17 bits per heavy atom. The number of nitrogens with two attached hydrogens (primary N) is 1. The van der Waals surface area contributed by atoms with Gasteiger partial charge >= 0.3 is 6.01 Å². The molecule has 9 heteroatoms. The summed E-state index contributed by atoms with van der Waals surface area (Å²) in [5.74, 6) is 0.476. The van der Waals surface area contributed by atoms with Crippen molar-refractivity contribution in [3.63, 3.8) is 0 Å². The van der Waals surface area contributed by atoms with Crippen LogP contribution in [0.15, 0.2) is 53.0 Å². The number of pyridine rings is 1. The highest BCUT2D eigenvalue weighted by atomic mass is 32.2. The minimum atomic E-state index is -1.23. The first-order valence-corrected chi connectivity index (χ1v) is 11.4. The van der Waals surface area contributed by atoms with Crippen molar-refractivity contribution in [2.75, 3.05) is 25.2 Å². The highest BCUT2D eigenvalue weighted by Crippen LogP contribution is 2.43. The average molecular weight is 441 g/mol. The van der Waals surface area contributed by atoms with Gasteiger partial charge in [-0.05, 0) is 28.4 Å². The Balaban J connectivity index is 1.87. The van der Waals surface area contributed by atoms with Crippen molar-refractivity contribution in [3.8, 4) is 28.4 Å². The Morgan fingerprint density at radius 2 is 1.90 bits per heavy atom. The number of aromatic hydroxyl groups is 1. The molecule has 0 aliphatic heterocycles. The molecule has 0 aliphatic carbocycles. The van der Waals surface area contributed by atoms with Crippen LogP contribution in [0.2, 0.25) is 0 Å². The lowest BCUT2D eigenvalue weighted by molar-refractivity contribution is 0.199. The van der Waals surface area contributed by atoms with Crippen LogP contribution in [-0.2, 0) is 15.9 Å². The Hall–Kier alpha value is -2.72. The predicted molar refractivity (Wildman–Crippen MR) is 120 cm³/mol. The van der Waals surface area contributed by atoms with E-state index in [-0.39, 0.29) is 6.01 Å². The molecule has 0 saturated heterocycles. The van der Waals surface area contributed by atoms with Gasteiger partial charge in [0.05, 0.1) is 12.3 Å². The second-order valence-electron chi connectivity index (χ2n) is 6.57. The average Bonchev–Trinajstić information content (AvgIpc) is 3.11. The molecular formula is C21H20N4O3S2. The van der Waals surface area contributed by atoms with Gasteiger partial charge < -0.3 is 20.1 Å². The third-order valence-electron chi connectivity index (χ3n) is 4.57. The maximum atomic E-state index is 12.9. The van der Waals surface area contributed by atoms with E-state index in [4.69, 9.17) is 15.5 Å². The number of hydrogen-bond acceptors (Lipinski definition) is 8. The van der Waals surface area contributed by atoms with Gasteiger partial charge in [-0.1, -0.05) is 41.7 Å². The fourth-order valence-corrected chi connectivity index (χ4v) is 5.77. The van der Waals surface area contributed by atoms with E-state index in [0.717, 1.165) is 16.5 Å². The zero-order valence-electron chi connectivity index (χ0n) is 16.2. The van der Waals surface area contributed by atoms with E-state index in [9.17, 15) is 9.66 Å². The van der Waals surface area contributed by atoms with Crippen molar-refractivity contribution in [3.05, 3.63) is 48.8 Å². The molecule has 0 bridgehead atoms. The third kappa shape index (κ3) is 4.10. The second-order valence-corrected chi connectivity index (χ2v) is 9.34. The zero-order chi connectivity index (χ0) is 21.1. The van der Waals surface area contributed by atoms with Crippen molar-refractivity contribution >= 4 is 38.4 Å². The van der Waals surface area contributed by atoms with Gasteiger partial charge in [-0.3, -0.25) is 0 Å². The smallest absolute Gasteiger partial charge is 0.313 e. The van der Waals surface area contributed by atoms with Gasteiger partial charge in [0.2, 0.25) is 4.21 Å². The standard InChI is InChI=1S/C21H20N4O3S2/c1-28-8-5-9-30(27)20-18(22)17-15(13-6-3-2-4-7-13)10-16(25-19(17)29-20)14-11-23-21(26)24-12-14/h2-4,6-7,10-12H,5,8-9,22H2,1H3,(H,23,24,26). The van der Waals surface area contributed by atoms with Gasteiger partial charge in [0, 0.05) is 36.9 Å². The predicted octanol–water partition coefficient (Wildman–Crippen LogP) is 3.85. The monoisotopic (exact) mass is 440 g/mol. The Kier molecular flexibility index (Phi) is 6.14. The molecule has 1 atom stereocenters. The Morgan fingerprint density at radius 3 is 2.60 bits per heavy atom. The van der Waals surface area contributed by atoms with Crippen molar-refractivity contribution in [2.24, 2.45) is 0 Å². The summed E-state index contributed by atoms with van der Waals surface area (Å²) < 4.78 is 18.6. The minimum absolute atomic E-state index is 0.294. The van der Waals surface area contributed by atoms with E-state index in [0.29, 0.717) is 44.8 Å². The van der Waals surface area contributed by atoms with Crippen molar-refractivity contribution in [2.45, 2.75) is 10.6 Å². The van der Waals surface area contributed by atoms with Crippen LogP contribution < -0.4 is 5.73 Å². The summed E-state index contributed by atoms with van der Waals surface area (Å²) in [7, 11) is 1.63. The minimum Gasteiger partial charge on any atom is -0.611 e. The summed E-state index contributed by atoms with van der Waals surface area (Å²) in [4.78, 5) is 13.1. The lowest BCUT2D eigenvalue weighted by Gasteiger charge is -2.09. The molecule has 4 aromatic rings. The molecule has 154 valence electrons. The van der Waals surface area contributed by atoms with Crippen LogP contribution in [0.1, 0.15) is 6.42 Å². The van der Waals surface area contributed by atoms with Gasteiger partial charge in [0.15, 0.2) is 0 Å². The molecule has 0 radical (unpaired) electrons. The molecule has 1 aromatic carbocycles. The molecule has 0 amide bonds. The maximum Gasteiger partial charge on any atom is 0.313 e. The van der Waals surface area contributed by atoms with Crippen LogP contribution in [0, 0.1) is 0 Å². The van der Waals surface area contributed by atoms with Crippen LogP contribution in [0.4, 0.5) is 5.69 Å². The van der Waals surface area contributed by atoms with Crippen LogP contribution in [0.25, 0.3) is 32.6 Å². The van der Waals surface area contributed by atoms with E-state index < -0.39 is 11.2 Å². The summed E-state index contributed by atoms with van der Waals surface area (Å²) in [6.07, 6.45) is 3.73. The SMILES string of the molecule is COCCC[S+]([O-])c1sc2nc(-c3cnc(O)nc3)cc(-c3ccccc3)c2c1N. The van der Waals surface area contributed by atoms with Gasteiger partial charge in [-0.2, -0.15) is 0 Å². The van der Waals surface area contributed by atoms with Crippen LogP contribution in [0.5, 0.6) is 6.01 Å². The van der Waals surface area contributed by atoms with Crippen molar-refractivity contribution in [1.29, 1.82) is 0 Å². The molecule has 30 heavy (non-hydrogen) atoms. The van der Waals surface area contributed by atoms with Gasteiger partial charge in [-0.25, -0.2) is 15.0 Å². The zero-order valence-corrected chi connectivity index (χ0v) is 17.9. The van der Waals surface area contributed by atoms with E-state index in [1.165, 1.54) is 23.7 Å². The molecule has 0 saturated carbocycles. The lowest BCUT2D eigenvalue weighted by Crippen LogP contribution is -2.09. The number of thiophene rings is 1. The number of anilines is 1. The van der Waals surface area contributed by atoms with E-state index >= 15 is 0 Å². The van der Waals surface area contributed by atoms with E-state index in [2.05, 4.69) is 9.97 Å². The van der Waals surface area contributed by atoms with Gasteiger partial charge in [0.1, 0.15) is 16.3 Å². The molecule has 3 N–H and O–H groups in total. The van der Waals surface area contributed by atoms with Gasteiger partial charge in [0.25, 0.3) is 0 Å². The molecule has 4 rings (SSSR count). The number of aromatic nitrogens is 3. The quantitative estimate of drug-likeness (QED) is 0.331. The first kappa shape index (κ1) is 20.5. The van der Waals surface area contributed by atoms with Crippen molar-refractivity contribution < 1.29 is 14.4 Å². The second kappa shape index (κ2) is 8.97. The number of methoxy groups -OCH3 is 1. The third-order valence-corrected chi connectivity index (χ3v) is 7.56. The number of rotatable bonds is 7. The summed E-state index contributed by atoms with van der Waals surface area (Å²) in [6.45, 7) is 0.551. The Bertz CT molecular complexity index is 1150.